The lowest BCUT2D eigenvalue weighted by Gasteiger charge is -2.49. The van der Waals surface area contributed by atoms with Gasteiger partial charge >= 0.3 is 0 Å². The van der Waals surface area contributed by atoms with Crippen molar-refractivity contribution < 1.29 is 0 Å². The predicted molar refractivity (Wildman–Crippen MR) is 70.0 cm³/mol. The maximum atomic E-state index is 2.57. The van der Waals surface area contributed by atoms with Gasteiger partial charge in [0.25, 0.3) is 0 Å². The van der Waals surface area contributed by atoms with Crippen LogP contribution in [0.3, 0.4) is 0 Å². The summed E-state index contributed by atoms with van der Waals surface area (Å²) in [4.78, 5) is 0. The van der Waals surface area contributed by atoms with Gasteiger partial charge in [-0.25, -0.2) is 0 Å². The zero-order chi connectivity index (χ0) is 10.9. The Bertz CT molecular complexity index is 151. The van der Waals surface area contributed by atoms with Gasteiger partial charge in [-0.1, -0.05) is 66.0 Å². The van der Waals surface area contributed by atoms with Crippen molar-refractivity contribution in [2.24, 2.45) is 0 Å². The van der Waals surface area contributed by atoms with Crippen LogP contribution in [-0.2, 0) is 0 Å². The van der Waals surface area contributed by atoms with Crippen LogP contribution >= 0.6 is 0 Å². The monoisotopic (exact) mass is 216 g/mol. The Hall–Kier alpha value is 0.434. The Kier molecular flexibility index (Phi) is 4.02. The number of rotatable bonds is 4. The van der Waals surface area contributed by atoms with Gasteiger partial charge in [0, 0.05) is 0 Å². The molecule has 0 bridgehead atoms. The quantitative estimate of drug-likeness (QED) is 0.594. The lowest BCUT2D eigenvalue weighted by Crippen LogP contribution is -2.53. The van der Waals surface area contributed by atoms with Crippen LogP contribution in [0.25, 0.3) is 0 Å². The molecule has 2 heteroatoms. The zero-order valence-corrected chi connectivity index (χ0v) is 12.9. The van der Waals surface area contributed by atoms with Crippen molar-refractivity contribution in [1.82, 2.24) is 0 Å². The lowest BCUT2D eigenvalue weighted by molar-refractivity contribution is 0.837. The van der Waals surface area contributed by atoms with E-state index in [9.17, 15) is 0 Å². The SMILES string of the molecule is CC[Si](C)(C)C(C)(C)[Si](C)(C)CC. The summed E-state index contributed by atoms with van der Waals surface area (Å²) in [5.41, 5.74) is 0. The molecular formula is C11H28Si2. The molecule has 0 aliphatic carbocycles. The fraction of sp³-hybridized carbons (Fsp3) is 1.00. The van der Waals surface area contributed by atoms with Crippen molar-refractivity contribution in [2.45, 2.75) is 70.6 Å². The van der Waals surface area contributed by atoms with Gasteiger partial charge in [0.05, 0.1) is 16.1 Å². The Morgan fingerprint density at radius 1 is 0.769 bits per heavy atom. The van der Waals surface area contributed by atoms with E-state index in [1.807, 2.05) is 0 Å². The highest BCUT2D eigenvalue weighted by Gasteiger charge is 2.47. The van der Waals surface area contributed by atoms with Crippen LogP contribution < -0.4 is 0 Å². The standard InChI is InChI=1S/C11H28Si2/c1-9-12(5,6)11(3,4)13(7,8)10-2/h9-10H2,1-8H3. The van der Waals surface area contributed by atoms with Crippen LogP contribution in [0.5, 0.6) is 0 Å². The normalized spacial score (nSPS) is 14.8. The van der Waals surface area contributed by atoms with E-state index in [1.165, 1.54) is 12.1 Å². The third kappa shape index (κ3) is 2.27. The molecule has 0 atom stereocenters. The van der Waals surface area contributed by atoms with E-state index in [2.05, 4.69) is 53.9 Å². The van der Waals surface area contributed by atoms with E-state index in [0.29, 0.717) is 4.66 Å². The Labute approximate surface area is 87.2 Å². The molecule has 0 aromatic heterocycles. The maximum absolute atomic E-state index is 2.57. The first-order chi connectivity index (χ1) is 5.62. The van der Waals surface area contributed by atoms with Crippen molar-refractivity contribution in [3.05, 3.63) is 0 Å². The molecule has 0 heterocycles. The van der Waals surface area contributed by atoms with Crippen molar-refractivity contribution in [3.8, 4) is 0 Å². The molecule has 0 aromatic rings. The largest absolute Gasteiger partial charge is 0.0692 e. The molecule has 13 heavy (non-hydrogen) atoms. The van der Waals surface area contributed by atoms with Gasteiger partial charge in [0.2, 0.25) is 0 Å². The van der Waals surface area contributed by atoms with E-state index in [1.54, 1.807) is 0 Å². The highest BCUT2D eigenvalue weighted by Crippen LogP contribution is 2.48. The Morgan fingerprint density at radius 3 is 1.15 bits per heavy atom. The summed E-state index contributed by atoms with van der Waals surface area (Å²) >= 11 is 0. The molecule has 0 unspecified atom stereocenters. The molecule has 0 fully saturated rings. The second-order valence-electron chi connectivity index (χ2n) is 6.10. The number of hydrogen-bond acceptors (Lipinski definition) is 0. The van der Waals surface area contributed by atoms with Crippen LogP contribution in [-0.4, -0.2) is 16.1 Å². The fourth-order valence-electron chi connectivity index (χ4n) is 1.80. The van der Waals surface area contributed by atoms with Crippen LogP contribution in [0, 0.1) is 0 Å². The van der Waals surface area contributed by atoms with Gasteiger partial charge in [-0.3, -0.25) is 0 Å². The molecule has 80 valence electrons. The van der Waals surface area contributed by atoms with Gasteiger partial charge in [-0.15, -0.1) is 0 Å². The summed E-state index contributed by atoms with van der Waals surface area (Å²) in [5.74, 6) is 0. The fourth-order valence-corrected chi connectivity index (χ4v) is 12.0. The highest BCUT2D eigenvalue weighted by atomic mass is 28.4. The topological polar surface area (TPSA) is 0 Å². The average molecular weight is 217 g/mol. The third-order valence-electron chi connectivity index (χ3n) is 5.15. The van der Waals surface area contributed by atoms with Crippen molar-refractivity contribution in [1.29, 1.82) is 0 Å². The van der Waals surface area contributed by atoms with Crippen molar-refractivity contribution >= 4 is 16.1 Å². The van der Waals surface area contributed by atoms with Crippen LogP contribution in [0.2, 0.25) is 42.9 Å². The molecule has 0 saturated heterocycles. The molecule has 0 aliphatic rings. The van der Waals surface area contributed by atoms with E-state index in [4.69, 9.17) is 0 Å². The number of hydrogen-bond donors (Lipinski definition) is 0. The van der Waals surface area contributed by atoms with Crippen LogP contribution in [0.1, 0.15) is 27.7 Å². The molecule has 0 N–H and O–H groups in total. The molecule has 0 rings (SSSR count). The summed E-state index contributed by atoms with van der Waals surface area (Å²) in [6.45, 7) is 20.1. The minimum atomic E-state index is -1.000. The first kappa shape index (κ1) is 13.4. The van der Waals surface area contributed by atoms with E-state index < -0.39 is 16.1 Å². The second-order valence-corrected chi connectivity index (χ2v) is 18.0. The first-order valence-electron chi connectivity index (χ1n) is 5.62. The summed E-state index contributed by atoms with van der Waals surface area (Å²) in [5, 5.41) is 0. The average Bonchev–Trinajstić information content (AvgIpc) is 2.03. The van der Waals surface area contributed by atoms with E-state index in [0.717, 1.165) is 0 Å². The van der Waals surface area contributed by atoms with Gasteiger partial charge in [-0.2, -0.15) is 0 Å². The zero-order valence-electron chi connectivity index (χ0n) is 10.9. The van der Waals surface area contributed by atoms with Gasteiger partial charge in [0.1, 0.15) is 0 Å². The summed E-state index contributed by atoms with van der Waals surface area (Å²) in [6.07, 6.45) is 0. The maximum Gasteiger partial charge on any atom is 0.0501 e. The molecule has 0 amide bonds. The smallest absolute Gasteiger partial charge is 0.0501 e. The Balaban J connectivity index is 4.95. The van der Waals surface area contributed by atoms with Crippen LogP contribution in [0.4, 0.5) is 0 Å². The second kappa shape index (κ2) is 3.89. The van der Waals surface area contributed by atoms with Gasteiger partial charge in [0.15, 0.2) is 0 Å². The predicted octanol–water partition coefficient (Wildman–Crippen LogP) is 4.76. The highest BCUT2D eigenvalue weighted by molar-refractivity contribution is 6.99. The van der Waals surface area contributed by atoms with Crippen LogP contribution in [0.15, 0.2) is 0 Å². The Morgan fingerprint density at radius 2 is 1.00 bits per heavy atom. The first-order valence-corrected chi connectivity index (χ1v) is 12.0. The molecule has 0 radical (unpaired) electrons. The molecule has 0 saturated carbocycles. The van der Waals surface area contributed by atoms with Gasteiger partial charge < -0.3 is 0 Å². The molecule has 0 aliphatic heterocycles. The lowest BCUT2D eigenvalue weighted by atomic mass is 10.5. The molecule has 0 nitrogen and oxygen atoms in total. The summed E-state index contributed by atoms with van der Waals surface area (Å²) in [7, 11) is -2.00. The van der Waals surface area contributed by atoms with Gasteiger partial charge in [-0.05, 0) is 4.66 Å². The van der Waals surface area contributed by atoms with E-state index >= 15 is 0 Å². The molecule has 0 spiro atoms. The van der Waals surface area contributed by atoms with E-state index in [-0.39, 0.29) is 0 Å². The minimum Gasteiger partial charge on any atom is -0.0692 e. The van der Waals surface area contributed by atoms with Crippen molar-refractivity contribution in [3.63, 3.8) is 0 Å². The summed E-state index contributed by atoms with van der Waals surface area (Å²) in [6, 6.07) is 2.85. The third-order valence-corrected chi connectivity index (χ3v) is 19.5. The summed E-state index contributed by atoms with van der Waals surface area (Å²) < 4.78 is 0.670. The van der Waals surface area contributed by atoms with Crippen molar-refractivity contribution in [2.75, 3.05) is 0 Å². The molecular weight excluding hydrogens is 188 g/mol. The minimum absolute atomic E-state index is 0.670. The molecule has 0 aromatic carbocycles.